The smallest absolute Gasteiger partial charge is 0.0661 e. The Balaban J connectivity index is 2.68. The van der Waals surface area contributed by atoms with Gasteiger partial charge in [-0.25, -0.2) is 0 Å². The van der Waals surface area contributed by atoms with E-state index in [0.717, 1.165) is 5.56 Å². The molecule has 13 heavy (non-hydrogen) atoms. The van der Waals surface area contributed by atoms with Gasteiger partial charge in [-0.05, 0) is 17.2 Å². The van der Waals surface area contributed by atoms with Crippen LogP contribution in [0.3, 0.4) is 0 Å². The quantitative estimate of drug-likeness (QED) is 0.414. The molecule has 5 heteroatoms. The summed E-state index contributed by atoms with van der Waals surface area (Å²) in [5, 5.41) is 3.93. The second-order valence-corrected chi connectivity index (χ2v) is 2.62. The number of pyridine rings is 1. The maximum Gasteiger partial charge on any atom is 0.0661 e. The molecule has 0 aliphatic rings. The van der Waals surface area contributed by atoms with Gasteiger partial charge in [0.25, 0.3) is 0 Å². The van der Waals surface area contributed by atoms with E-state index in [2.05, 4.69) is 15.0 Å². The van der Waals surface area contributed by atoms with Crippen LogP contribution in [0.25, 0.3) is 16.5 Å². The Bertz CT molecular complexity index is 355. The lowest BCUT2D eigenvalue weighted by molar-refractivity contribution is 1.22. The lowest BCUT2D eigenvalue weighted by atomic mass is 10.2. The van der Waals surface area contributed by atoms with Crippen LogP contribution in [-0.2, 0) is 0 Å². The molecular weight excluding hydrogens is 188 g/mol. The predicted octanol–water partition coefficient (Wildman–Crippen LogP) is 3.06. The minimum Gasteiger partial charge on any atom is -0.263 e. The van der Waals surface area contributed by atoms with Gasteiger partial charge in [-0.1, -0.05) is 28.9 Å². The summed E-state index contributed by atoms with van der Waals surface area (Å²) in [5.41, 5.74) is 8.87. The van der Waals surface area contributed by atoms with Crippen LogP contribution in [0.4, 0.5) is 0 Å². The van der Waals surface area contributed by atoms with Crippen molar-refractivity contribution in [2.24, 2.45) is 5.11 Å². The van der Waals surface area contributed by atoms with Crippen molar-refractivity contribution in [2.75, 3.05) is 6.54 Å². The summed E-state index contributed by atoms with van der Waals surface area (Å²) < 4.78 is 0. The minimum absolute atomic E-state index is 0.329. The van der Waals surface area contributed by atoms with Crippen molar-refractivity contribution in [1.29, 1.82) is 0 Å². The van der Waals surface area contributed by atoms with Crippen LogP contribution < -0.4 is 0 Å². The molecule has 1 rings (SSSR count). The third-order valence-electron chi connectivity index (χ3n) is 1.35. The summed E-state index contributed by atoms with van der Waals surface area (Å²) in [4.78, 5) is 6.46. The number of hydrogen-bond acceptors (Lipinski definition) is 2. The molecule has 0 aromatic carbocycles. The van der Waals surface area contributed by atoms with E-state index in [9.17, 15) is 0 Å². The fraction of sp³-hybridized carbons (Fsp3) is 0.125. The normalized spacial score (nSPS) is 9.92. The minimum atomic E-state index is 0.329. The number of halogens is 1. The third kappa shape index (κ3) is 3.15. The zero-order valence-corrected chi connectivity index (χ0v) is 7.52. The molecule has 1 aromatic heterocycles. The SMILES string of the molecule is [N-]=[N+]=NCC=Cc1ccncc1Cl. The van der Waals surface area contributed by atoms with Crippen LogP contribution in [-0.4, -0.2) is 11.5 Å². The van der Waals surface area contributed by atoms with Crippen LogP contribution in [0.15, 0.2) is 29.7 Å². The first-order valence-corrected chi connectivity index (χ1v) is 3.99. The summed E-state index contributed by atoms with van der Waals surface area (Å²) >= 11 is 5.82. The van der Waals surface area contributed by atoms with Crippen molar-refractivity contribution >= 4 is 17.7 Å². The van der Waals surface area contributed by atoms with Gasteiger partial charge >= 0.3 is 0 Å². The van der Waals surface area contributed by atoms with E-state index in [1.807, 2.05) is 0 Å². The average molecular weight is 195 g/mol. The van der Waals surface area contributed by atoms with Crippen LogP contribution in [0, 0.1) is 0 Å². The van der Waals surface area contributed by atoms with Crippen LogP contribution in [0.1, 0.15) is 5.56 Å². The summed E-state index contributed by atoms with van der Waals surface area (Å²) in [6.45, 7) is 0.329. The maximum atomic E-state index is 8.01. The molecule has 0 fully saturated rings. The van der Waals surface area contributed by atoms with Crippen molar-refractivity contribution in [3.63, 3.8) is 0 Å². The fourth-order valence-electron chi connectivity index (χ4n) is 0.784. The first-order valence-electron chi connectivity index (χ1n) is 3.61. The Morgan fingerprint density at radius 2 is 2.54 bits per heavy atom. The number of hydrogen-bond donors (Lipinski definition) is 0. The molecule has 0 saturated carbocycles. The molecule has 1 aromatic rings. The third-order valence-corrected chi connectivity index (χ3v) is 1.67. The molecule has 0 unspecified atom stereocenters. The van der Waals surface area contributed by atoms with Gasteiger partial charge in [-0.3, -0.25) is 4.98 Å². The summed E-state index contributed by atoms with van der Waals surface area (Å²) in [6, 6.07) is 1.79. The van der Waals surface area contributed by atoms with E-state index in [1.54, 1.807) is 30.6 Å². The molecule has 0 atom stereocenters. The van der Waals surface area contributed by atoms with Crippen molar-refractivity contribution in [3.8, 4) is 0 Å². The molecule has 0 amide bonds. The lowest BCUT2D eigenvalue weighted by Crippen LogP contribution is -1.77. The van der Waals surface area contributed by atoms with Gasteiger partial charge in [-0.2, -0.15) is 0 Å². The van der Waals surface area contributed by atoms with Gasteiger partial charge in [0.15, 0.2) is 0 Å². The van der Waals surface area contributed by atoms with E-state index in [4.69, 9.17) is 17.1 Å². The Morgan fingerprint density at radius 3 is 3.23 bits per heavy atom. The average Bonchev–Trinajstić information content (AvgIpc) is 2.15. The zero-order chi connectivity index (χ0) is 9.52. The van der Waals surface area contributed by atoms with Gasteiger partial charge in [-0.15, -0.1) is 0 Å². The zero-order valence-electron chi connectivity index (χ0n) is 6.76. The molecule has 0 radical (unpaired) electrons. The monoisotopic (exact) mass is 194 g/mol. The second kappa shape index (κ2) is 5.19. The van der Waals surface area contributed by atoms with Gasteiger partial charge in [0.1, 0.15) is 0 Å². The number of nitrogens with zero attached hydrogens (tertiary/aromatic N) is 4. The Morgan fingerprint density at radius 1 is 1.69 bits per heavy atom. The Labute approximate surface area is 80.5 Å². The Hall–Kier alpha value is -1.51. The first-order chi connectivity index (χ1) is 6.34. The largest absolute Gasteiger partial charge is 0.263 e. The van der Waals surface area contributed by atoms with Crippen LogP contribution in [0.2, 0.25) is 5.02 Å². The predicted molar refractivity (Wildman–Crippen MR) is 52.3 cm³/mol. The maximum absolute atomic E-state index is 8.01. The molecule has 0 bridgehead atoms. The molecule has 0 spiro atoms. The van der Waals surface area contributed by atoms with Crippen LogP contribution in [0.5, 0.6) is 0 Å². The Kier molecular flexibility index (Phi) is 3.82. The highest BCUT2D eigenvalue weighted by molar-refractivity contribution is 6.31. The van der Waals surface area contributed by atoms with Crippen molar-refractivity contribution in [1.82, 2.24) is 4.98 Å². The summed E-state index contributed by atoms with van der Waals surface area (Å²) in [5.74, 6) is 0. The van der Waals surface area contributed by atoms with E-state index in [1.165, 1.54) is 0 Å². The highest BCUT2D eigenvalue weighted by atomic mass is 35.5. The molecule has 0 aliphatic carbocycles. The molecule has 66 valence electrons. The molecule has 0 saturated heterocycles. The topological polar surface area (TPSA) is 61.7 Å². The number of azide groups is 1. The lowest BCUT2D eigenvalue weighted by Gasteiger charge is -1.94. The van der Waals surface area contributed by atoms with Crippen LogP contribution >= 0.6 is 11.6 Å². The fourth-order valence-corrected chi connectivity index (χ4v) is 0.967. The van der Waals surface area contributed by atoms with Gasteiger partial charge in [0.2, 0.25) is 0 Å². The number of rotatable bonds is 3. The molecular formula is C8H7ClN4. The van der Waals surface area contributed by atoms with E-state index >= 15 is 0 Å². The van der Waals surface area contributed by atoms with E-state index < -0.39 is 0 Å². The molecule has 0 aliphatic heterocycles. The van der Waals surface area contributed by atoms with Crippen molar-refractivity contribution in [3.05, 3.63) is 45.6 Å². The summed E-state index contributed by atoms with van der Waals surface area (Å²) in [6.07, 6.45) is 6.74. The highest BCUT2D eigenvalue weighted by Crippen LogP contribution is 2.14. The molecule has 0 N–H and O–H groups in total. The van der Waals surface area contributed by atoms with E-state index in [0.29, 0.717) is 11.6 Å². The molecule has 4 nitrogen and oxygen atoms in total. The van der Waals surface area contributed by atoms with Gasteiger partial charge < -0.3 is 0 Å². The second-order valence-electron chi connectivity index (χ2n) is 2.21. The van der Waals surface area contributed by atoms with E-state index in [-0.39, 0.29) is 0 Å². The van der Waals surface area contributed by atoms with Gasteiger partial charge in [0.05, 0.1) is 5.02 Å². The van der Waals surface area contributed by atoms with Gasteiger partial charge in [0, 0.05) is 23.9 Å². The summed E-state index contributed by atoms with van der Waals surface area (Å²) in [7, 11) is 0. The van der Waals surface area contributed by atoms with Crippen molar-refractivity contribution < 1.29 is 0 Å². The van der Waals surface area contributed by atoms with Crippen molar-refractivity contribution in [2.45, 2.75) is 0 Å². The number of aromatic nitrogens is 1. The first kappa shape index (κ1) is 9.58. The highest BCUT2D eigenvalue weighted by Gasteiger charge is 1.92. The standard InChI is InChI=1S/C8H7ClN4/c9-8-6-11-5-3-7(8)2-1-4-12-13-10/h1-3,5-6H,4H2. The molecule has 1 heterocycles.